The number of carbonyl (C=O) groups excluding carboxylic acids is 4. The predicted octanol–water partition coefficient (Wildman–Crippen LogP) is 2.54. The fraction of sp³-hybridized carbons (Fsp3) is 0.545. The van der Waals surface area contributed by atoms with Gasteiger partial charge in [-0.25, -0.2) is 4.79 Å². The van der Waals surface area contributed by atoms with E-state index in [1.54, 1.807) is 0 Å². The van der Waals surface area contributed by atoms with Gasteiger partial charge in [0.15, 0.2) is 6.61 Å². The van der Waals surface area contributed by atoms with Crippen LogP contribution in [0.1, 0.15) is 50.7 Å². The summed E-state index contributed by atoms with van der Waals surface area (Å²) in [5, 5.41) is 5.56. The van der Waals surface area contributed by atoms with Crippen molar-refractivity contribution < 1.29 is 23.9 Å². The summed E-state index contributed by atoms with van der Waals surface area (Å²) in [5.74, 6) is -1.64. The Balaban J connectivity index is 1.55. The Bertz CT molecular complexity index is 868. The van der Waals surface area contributed by atoms with Crippen molar-refractivity contribution in [2.75, 3.05) is 18.5 Å². The largest absolute Gasteiger partial charge is 0.454 e. The molecule has 1 saturated carbocycles. The third kappa shape index (κ3) is 4.17. The number of nitrogens with zero attached hydrogens (tertiary/aromatic N) is 1. The molecule has 1 spiro atoms. The van der Waals surface area contributed by atoms with Gasteiger partial charge in [0.05, 0.1) is 0 Å². The molecule has 2 aliphatic rings. The van der Waals surface area contributed by atoms with E-state index >= 15 is 0 Å². The van der Waals surface area contributed by atoms with Crippen LogP contribution < -0.4 is 10.6 Å². The number of rotatable bonds is 6. The van der Waals surface area contributed by atoms with E-state index in [4.69, 9.17) is 4.74 Å². The highest BCUT2D eigenvalue weighted by molar-refractivity contribution is 6.09. The van der Waals surface area contributed by atoms with Crippen molar-refractivity contribution in [3.05, 3.63) is 29.3 Å². The molecule has 1 aliphatic carbocycles. The molecule has 162 valence electrons. The van der Waals surface area contributed by atoms with Gasteiger partial charge < -0.3 is 15.4 Å². The summed E-state index contributed by atoms with van der Waals surface area (Å²) >= 11 is 0. The van der Waals surface area contributed by atoms with Crippen molar-refractivity contribution in [1.29, 1.82) is 0 Å². The molecule has 0 radical (unpaired) electrons. The van der Waals surface area contributed by atoms with E-state index in [0.717, 1.165) is 41.7 Å². The summed E-state index contributed by atoms with van der Waals surface area (Å²) in [4.78, 5) is 50.6. The maximum Gasteiger partial charge on any atom is 0.326 e. The average Bonchev–Trinajstić information content (AvgIpc) is 2.95. The molecule has 0 bridgehead atoms. The molecule has 8 nitrogen and oxygen atoms in total. The number of ether oxygens (including phenoxy) is 1. The zero-order valence-corrected chi connectivity index (χ0v) is 17.7. The van der Waals surface area contributed by atoms with Crippen molar-refractivity contribution >= 4 is 29.5 Å². The number of nitrogens with one attached hydrogen (secondary N) is 2. The van der Waals surface area contributed by atoms with E-state index in [9.17, 15) is 19.2 Å². The fourth-order valence-corrected chi connectivity index (χ4v) is 4.34. The van der Waals surface area contributed by atoms with Crippen LogP contribution in [0.25, 0.3) is 0 Å². The summed E-state index contributed by atoms with van der Waals surface area (Å²) in [6.07, 6.45) is 4.05. The first kappa shape index (κ1) is 21.8. The van der Waals surface area contributed by atoms with Crippen LogP contribution in [0.15, 0.2) is 18.2 Å². The lowest BCUT2D eigenvalue weighted by Gasteiger charge is -2.36. The molecule has 1 heterocycles. The van der Waals surface area contributed by atoms with Gasteiger partial charge in [0.2, 0.25) is 0 Å². The van der Waals surface area contributed by atoms with Crippen LogP contribution in [0.3, 0.4) is 0 Å². The molecule has 2 atom stereocenters. The number of urea groups is 1. The summed E-state index contributed by atoms with van der Waals surface area (Å²) in [6.45, 7) is 4.83. The van der Waals surface area contributed by atoms with Crippen molar-refractivity contribution in [2.24, 2.45) is 5.92 Å². The van der Waals surface area contributed by atoms with Crippen LogP contribution in [0, 0.1) is 12.8 Å². The number of hydrogen-bond acceptors (Lipinski definition) is 5. The van der Waals surface area contributed by atoms with E-state index in [1.165, 1.54) is 0 Å². The highest BCUT2D eigenvalue weighted by atomic mass is 16.5. The third-order valence-corrected chi connectivity index (χ3v) is 6.16. The molecule has 30 heavy (non-hydrogen) atoms. The zero-order chi connectivity index (χ0) is 21.9. The van der Waals surface area contributed by atoms with Crippen molar-refractivity contribution in [1.82, 2.24) is 10.2 Å². The van der Waals surface area contributed by atoms with Crippen LogP contribution in [0.2, 0.25) is 0 Å². The minimum atomic E-state index is -0.922. The highest BCUT2D eigenvalue weighted by Crippen LogP contribution is 2.38. The molecule has 1 aliphatic heterocycles. The molecule has 0 aromatic heterocycles. The monoisotopic (exact) mass is 415 g/mol. The standard InChI is InChI=1S/C22H29N3O5/c1-4-16-10-7-8-14(2)19(16)23-17(26)13-30-18(27)12-25-20(28)22(24-21(25)29)11-6-5-9-15(22)3/h7-8,10,15H,4-6,9,11-13H2,1-3H3,(H,23,26)(H,24,29)/t15-,22-/m0/s1. The topological polar surface area (TPSA) is 105 Å². The quantitative estimate of drug-likeness (QED) is 0.549. The van der Waals surface area contributed by atoms with Crippen LogP contribution in [0.4, 0.5) is 10.5 Å². The van der Waals surface area contributed by atoms with E-state index in [-0.39, 0.29) is 11.8 Å². The summed E-state index contributed by atoms with van der Waals surface area (Å²) in [6, 6.07) is 5.15. The third-order valence-electron chi connectivity index (χ3n) is 6.16. The molecule has 1 aromatic carbocycles. The van der Waals surface area contributed by atoms with Gasteiger partial charge in [0, 0.05) is 5.69 Å². The highest BCUT2D eigenvalue weighted by Gasteiger charge is 2.55. The van der Waals surface area contributed by atoms with Crippen molar-refractivity contribution in [3.63, 3.8) is 0 Å². The maximum atomic E-state index is 12.9. The first-order valence-electron chi connectivity index (χ1n) is 10.5. The Morgan fingerprint density at radius 2 is 2.07 bits per heavy atom. The Morgan fingerprint density at radius 1 is 1.30 bits per heavy atom. The van der Waals surface area contributed by atoms with Gasteiger partial charge in [-0.15, -0.1) is 0 Å². The maximum absolute atomic E-state index is 12.9. The molecule has 3 rings (SSSR count). The van der Waals surface area contributed by atoms with Gasteiger partial charge in [-0.2, -0.15) is 0 Å². The summed E-state index contributed by atoms with van der Waals surface area (Å²) in [7, 11) is 0. The van der Waals surface area contributed by atoms with Crippen molar-refractivity contribution in [2.45, 2.75) is 58.4 Å². The normalized spacial score (nSPS) is 23.4. The summed E-state index contributed by atoms with van der Waals surface area (Å²) < 4.78 is 5.03. The zero-order valence-electron chi connectivity index (χ0n) is 17.7. The van der Waals surface area contributed by atoms with Crippen molar-refractivity contribution in [3.8, 4) is 0 Å². The smallest absolute Gasteiger partial charge is 0.326 e. The SMILES string of the molecule is CCc1cccc(C)c1NC(=O)COC(=O)CN1C(=O)N[C@]2(CCCC[C@@H]2C)C1=O. The Morgan fingerprint density at radius 3 is 2.77 bits per heavy atom. The molecular formula is C22H29N3O5. The molecule has 2 N–H and O–H groups in total. The number of para-hydroxylation sites is 1. The lowest BCUT2D eigenvalue weighted by Crippen LogP contribution is -2.54. The lowest BCUT2D eigenvalue weighted by molar-refractivity contribution is -0.150. The van der Waals surface area contributed by atoms with Crippen LogP contribution >= 0.6 is 0 Å². The summed E-state index contributed by atoms with van der Waals surface area (Å²) in [5.41, 5.74) is 1.69. The van der Waals surface area contributed by atoms with Crippen LogP contribution in [-0.4, -0.2) is 47.4 Å². The number of esters is 1. The van der Waals surface area contributed by atoms with Crippen LogP contribution in [0.5, 0.6) is 0 Å². The number of amides is 4. The number of anilines is 1. The second-order valence-corrected chi connectivity index (χ2v) is 8.11. The molecule has 2 fully saturated rings. The Kier molecular flexibility index (Phi) is 6.43. The lowest BCUT2D eigenvalue weighted by atomic mass is 9.73. The average molecular weight is 415 g/mol. The fourth-order valence-electron chi connectivity index (χ4n) is 4.34. The molecular weight excluding hydrogens is 386 g/mol. The predicted molar refractivity (Wildman–Crippen MR) is 111 cm³/mol. The Labute approximate surface area is 176 Å². The van der Waals surface area contributed by atoms with Gasteiger partial charge in [0.25, 0.3) is 11.8 Å². The van der Waals surface area contributed by atoms with Gasteiger partial charge in [-0.3, -0.25) is 19.3 Å². The van der Waals surface area contributed by atoms with Gasteiger partial charge in [0.1, 0.15) is 12.1 Å². The second kappa shape index (κ2) is 8.85. The number of carbonyl (C=O) groups is 4. The van der Waals surface area contributed by atoms with Crippen LogP contribution in [-0.2, 0) is 25.5 Å². The van der Waals surface area contributed by atoms with Gasteiger partial charge >= 0.3 is 12.0 Å². The van der Waals surface area contributed by atoms with E-state index in [2.05, 4.69) is 10.6 Å². The number of hydrogen-bond donors (Lipinski definition) is 2. The number of benzene rings is 1. The van der Waals surface area contributed by atoms with Gasteiger partial charge in [-0.05, 0) is 43.2 Å². The molecule has 8 heteroatoms. The molecule has 4 amide bonds. The van der Waals surface area contributed by atoms with Gasteiger partial charge in [-0.1, -0.05) is 44.9 Å². The number of imide groups is 1. The number of aryl methyl sites for hydroxylation is 2. The molecule has 0 unspecified atom stereocenters. The van der Waals surface area contributed by atoms with E-state index in [1.807, 2.05) is 39.0 Å². The first-order chi connectivity index (χ1) is 14.3. The van der Waals surface area contributed by atoms with E-state index in [0.29, 0.717) is 12.1 Å². The Hall–Kier alpha value is -2.90. The molecule has 1 saturated heterocycles. The second-order valence-electron chi connectivity index (χ2n) is 8.11. The first-order valence-corrected chi connectivity index (χ1v) is 10.5. The minimum absolute atomic E-state index is 0.0105. The van der Waals surface area contributed by atoms with E-state index < -0.39 is 36.6 Å². The minimum Gasteiger partial charge on any atom is -0.454 e. The molecule has 1 aromatic rings.